The Balaban J connectivity index is 2.72. The number of rotatable bonds is 5. The number of carboxylic acid groups (broad SMARTS) is 1. The summed E-state index contributed by atoms with van der Waals surface area (Å²) in [6.45, 7) is 2.34. The van der Waals surface area contributed by atoms with E-state index in [1.807, 2.05) is 18.9 Å². The van der Waals surface area contributed by atoms with Gasteiger partial charge >= 0.3 is 5.97 Å². The lowest BCUT2D eigenvalue weighted by atomic mass is 10.2. The summed E-state index contributed by atoms with van der Waals surface area (Å²) in [4.78, 5) is 12.6. The molecule has 0 bridgehead atoms. The van der Waals surface area contributed by atoms with Crippen molar-refractivity contribution in [3.63, 3.8) is 0 Å². The Bertz CT molecular complexity index is 334. The molecule has 1 heterocycles. The summed E-state index contributed by atoms with van der Waals surface area (Å²) in [5.74, 6) is -1.10. The van der Waals surface area contributed by atoms with Crippen LogP contribution in [0.15, 0.2) is 16.7 Å². The number of aliphatic hydroxyl groups excluding tert-OH is 1. The maximum absolute atomic E-state index is 10.7. The van der Waals surface area contributed by atoms with Crippen molar-refractivity contribution in [2.45, 2.75) is 19.5 Å². The molecule has 0 fully saturated rings. The lowest BCUT2D eigenvalue weighted by Gasteiger charge is -2.22. The van der Waals surface area contributed by atoms with Crippen LogP contribution in [0.2, 0.25) is 0 Å². The van der Waals surface area contributed by atoms with Gasteiger partial charge in [-0.15, -0.1) is 0 Å². The Labute approximate surface area is 87.9 Å². The SMILES string of the molecule is CC(CO)N(C)Cc1ccoc1C(=O)O. The Morgan fingerprint density at radius 3 is 2.87 bits per heavy atom. The Hall–Kier alpha value is -1.33. The summed E-state index contributed by atoms with van der Waals surface area (Å²) in [6, 6.07) is 1.62. The van der Waals surface area contributed by atoms with Crippen LogP contribution in [0.25, 0.3) is 0 Å². The smallest absolute Gasteiger partial charge is 0.372 e. The van der Waals surface area contributed by atoms with Crippen molar-refractivity contribution >= 4 is 5.97 Å². The third-order valence-corrected chi connectivity index (χ3v) is 2.38. The van der Waals surface area contributed by atoms with Gasteiger partial charge in [-0.3, -0.25) is 4.90 Å². The summed E-state index contributed by atoms with van der Waals surface area (Å²) < 4.78 is 4.85. The minimum absolute atomic E-state index is 0.0125. The molecule has 15 heavy (non-hydrogen) atoms. The standard InChI is InChI=1S/C10H15NO4/c1-7(6-12)11(2)5-8-3-4-15-9(8)10(13)14/h3-4,7,12H,5-6H2,1-2H3,(H,13,14). The molecule has 84 valence electrons. The second kappa shape index (κ2) is 4.95. The minimum atomic E-state index is -1.07. The van der Waals surface area contributed by atoms with E-state index in [0.717, 1.165) is 0 Å². The first kappa shape index (κ1) is 11.7. The molecule has 0 aliphatic carbocycles. The Kier molecular flexibility index (Phi) is 3.88. The second-order valence-corrected chi connectivity index (χ2v) is 3.53. The van der Waals surface area contributed by atoms with Gasteiger partial charge in [0.2, 0.25) is 5.76 Å². The Morgan fingerprint density at radius 1 is 1.67 bits per heavy atom. The number of hydrogen-bond donors (Lipinski definition) is 2. The van der Waals surface area contributed by atoms with Gasteiger partial charge in [-0.05, 0) is 20.0 Å². The average molecular weight is 213 g/mol. The summed E-state index contributed by atoms with van der Waals surface area (Å²) in [7, 11) is 1.82. The minimum Gasteiger partial charge on any atom is -0.475 e. The van der Waals surface area contributed by atoms with E-state index in [-0.39, 0.29) is 18.4 Å². The maximum Gasteiger partial charge on any atom is 0.372 e. The van der Waals surface area contributed by atoms with Gasteiger partial charge in [-0.25, -0.2) is 4.79 Å². The second-order valence-electron chi connectivity index (χ2n) is 3.53. The third-order valence-electron chi connectivity index (χ3n) is 2.38. The monoisotopic (exact) mass is 213 g/mol. The van der Waals surface area contributed by atoms with Gasteiger partial charge < -0.3 is 14.6 Å². The fourth-order valence-corrected chi connectivity index (χ4v) is 1.21. The number of likely N-dealkylation sites (N-methyl/N-ethyl adjacent to an activating group) is 1. The van der Waals surface area contributed by atoms with E-state index in [9.17, 15) is 4.79 Å². The number of aliphatic hydroxyl groups is 1. The van der Waals surface area contributed by atoms with Crippen LogP contribution in [0, 0.1) is 0 Å². The number of aromatic carboxylic acids is 1. The molecule has 1 atom stereocenters. The van der Waals surface area contributed by atoms with E-state index < -0.39 is 5.97 Å². The number of carboxylic acids is 1. The molecule has 0 saturated heterocycles. The van der Waals surface area contributed by atoms with Crippen LogP contribution in [0.3, 0.4) is 0 Å². The van der Waals surface area contributed by atoms with Crippen molar-refractivity contribution in [2.75, 3.05) is 13.7 Å². The largest absolute Gasteiger partial charge is 0.475 e. The topological polar surface area (TPSA) is 73.9 Å². The summed E-state index contributed by atoms with van der Waals surface area (Å²) in [5, 5.41) is 17.7. The number of hydrogen-bond acceptors (Lipinski definition) is 4. The highest BCUT2D eigenvalue weighted by Gasteiger charge is 2.17. The van der Waals surface area contributed by atoms with Gasteiger partial charge in [-0.1, -0.05) is 0 Å². The first-order valence-corrected chi connectivity index (χ1v) is 4.67. The van der Waals surface area contributed by atoms with Crippen LogP contribution < -0.4 is 0 Å². The van der Waals surface area contributed by atoms with Crippen LogP contribution in [-0.2, 0) is 6.54 Å². The highest BCUT2D eigenvalue weighted by atomic mass is 16.4. The molecule has 1 aromatic rings. The first-order valence-electron chi connectivity index (χ1n) is 4.67. The fraction of sp³-hybridized carbons (Fsp3) is 0.500. The molecule has 1 aromatic heterocycles. The van der Waals surface area contributed by atoms with Crippen molar-refractivity contribution in [3.8, 4) is 0 Å². The van der Waals surface area contributed by atoms with Gasteiger partial charge in [0.15, 0.2) is 0 Å². The van der Waals surface area contributed by atoms with Crippen molar-refractivity contribution in [1.82, 2.24) is 4.90 Å². The van der Waals surface area contributed by atoms with Crippen molar-refractivity contribution in [3.05, 3.63) is 23.7 Å². The maximum atomic E-state index is 10.7. The molecule has 0 radical (unpaired) electrons. The van der Waals surface area contributed by atoms with Gasteiger partial charge in [0.05, 0.1) is 12.9 Å². The molecule has 2 N–H and O–H groups in total. The molecule has 0 aromatic carbocycles. The summed E-state index contributed by atoms with van der Waals surface area (Å²) >= 11 is 0. The summed E-state index contributed by atoms with van der Waals surface area (Å²) in [6.07, 6.45) is 1.36. The zero-order chi connectivity index (χ0) is 11.4. The van der Waals surface area contributed by atoms with Crippen LogP contribution in [0.1, 0.15) is 23.0 Å². The predicted octanol–water partition coefficient (Wildman–Crippen LogP) is 0.790. The molecular formula is C10H15NO4. The van der Waals surface area contributed by atoms with E-state index in [1.165, 1.54) is 6.26 Å². The molecule has 0 saturated carbocycles. The highest BCUT2D eigenvalue weighted by molar-refractivity contribution is 5.86. The molecule has 5 heteroatoms. The van der Waals surface area contributed by atoms with E-state index in [1.54, 1.807) is 6.07 Å². The van der Waals surface area contributed by atoms with Crippen LogP contribution in [0.4, 0.5) is 0 Å². The zero-order valence-electron chi connectivity index (χ0n) is 8.80. The quantitative estimate of drug-likeness (QED) is 0.756. The van der Waals surface area contributed by atoms with Crippen molar-refractivity contribution in [2.24, 2.45) is 0 Å². The van der Waals surface area contributed by atoms with Crippen molar-refractivity contribution in [1.29, 1.82) is 0 Å². The van der Waals surface area contributed by atoms with Gasteiger partial charge in [0.25, 0.3) is 0 Å². The van der Waals surface area contributed by atoms with E-state index >= 15 is 0 Å². The van der Waals surface area contributed by atoms with Crippen LogP contribution in [-0.4, -0.2) is 40.8 Å². The molecule has 0 aliphatic rings. The molecule has 0 spiro atoms. The number of furan rings is 1. The molecule has 1 rings (SSSR count). The molecule has 0 aliphatic heterocycles. The first-order chi connectivity index (χ1) is 7.06. The Morgan fingerprint density at radius 2 is 2.33 bits per heavy atom. The van der Waals surface area contributed by atoms with Gasteiger partial charge in [0, 0.05) is 18.2 Å². The lowest BCUT2D eigenvalue weighted by molar-refractivity contribution is 0.0658. The highest BCUT2D eigenvalue weighted by Crippen LogP contribution is 2.13. The molecule has 0 amide bonds. The summed E-state index contributed by atoms with van der Waals surface area (Å²) in [5.41, 5.74) is 0.616. The normalized spacial score (nSPS) is 13.1. The fourth-order valence-electron chi connectivity index (χ4n) is 1.21. The van der Waals surface area contributed by atoms with Crippen LogP contribution >= 0.6 is 0 Å². The lowest BCUT2D eigenvalue weighted by Crippen LogP contribution is -2.31. The molecular weight excluding hydrogens is 198 g/mol. The van der Waals surface area contributed by atoms with Gasteiger partial charge in [0.1, 0.15) is 0 Å². The van der Waals surface area contributed by atoms with E-state index in [4.69, 9.17) is 14.6 Å². The number of carbonyl (C=O) groups is 1. The molecule has 1 unspecified atom stereocenters. The van der Waals surface area contributed by atoms with Gasteiger partial charge in [-0.2, -0.15) is 0 Å². The number of nitrogens with zero attached hydrogens (tertiary/aromatic N) is 1. The third kappa shape index (κ3) is 2.81. The predicted molar refractivity (Wildman–Crippen MR) is 53.7 cm³/mol. The van der Waals surface area contributed by atoms with E-state index in [2.05, 4.69) is 0 Å². The van der Waals surface area contributed by atoms with Crippen molar-refractivity contribution < 1.29 is 19.4 Å². The van der Waals surface area contributed by atoms with E-state index in [0.29, 0.717) is 12.1 Å². The zero-order valence-corrected chi connectivity index (χ0v) is 8.80. The average Bonchev–Trinajstić information content (AvgIpc) is 2.64. The van der Waals surface area contributed by atoms with Crippen LogP contribution in [0.5, 0.6) is 0 Å². The molecule has 5 nitrogen and oxygen atoms in total.